The van der Waals surface area contributed by atoms with Crippen molar-refractivity contribution in [2.24, 2.45) is 0 Å². The van der Waals surface area contributed by atoms with E-state index in [0.29, 0.717) is 5.75 Å². The molecule has 68 valence electrons. The Morgan fingerprint density at radius 2 is 2.15 bits per heavy atom. The summed E-state index contributed by atoms with van der Waals surface area (Å²) in [6.07, 6.45) is 0.920. The Balaban J connectivity index is 2.83. The Morgan fingerprint density at radius 3 is 2.85 bits per heavy atom. The fourth-order valence-corrected chi connectivity index (χ4v) is 1.57. The maximum absolute atomic E-state index is 9.54. The van der Waals surface area contributed by atoms with Gasteiger partial charge < -0.3 is 9.52 Å². The fourth-order valence-electron chi connectivity index (χ4n) is 1.57. The third kappa shape index (κ3) is 1.18. The maximum atomic E-state index is 9.54. The van der Waals surface area contributed by atoms with Crippen LogP contribution in [-0.4, -0.2) is 5.11 Å². The predicted octanol–water partition coefficient (Wildman–Crippen LogP) is 3.01. The van der Waals surface area contributed by atoms with Crippen LogP contribution in [0.2, 0.25) is 0 Å². The van der Waals surface area contributed by atoms with Gasteiger partial charge in [-0.25, -0.2) is 0 Å². The van der Waals surface area contributed by atoms with Gasteiger partial charge in [0.05, 0.1) is 5.39 Å². The van der Waals surface area contributed by atoms with Gasteiger partial charge in [0, 0.05) is 0 Å². The van der Waals surface area contributed by atoms with Crippen molar-refractivity contribution < 1.29 is 9.52 Å². The molecule has 0 amide bonds. The van der Waals surface area contributed by atoms with Crippen LogP contribution in [0.15, 0.2) is 22.6 Å². The highest BCUT2D eigenvalue weighted by Crippen LogP contribution is 2.30. The molecule has 0 radical (unpaired) electrons. The third-order valence-electron chi connectivity index (χ3n) is 2.25. The summed E-state index contributed by atoms with van der Waals surface area (Å²) in [5.41, 5.74) is 1.96. The summed E-state index contributed by atoms with van der Waals surface area (Å²) in [6, 6.07) is 5.49. The van der Waals surface area contributed by atoms with Gasteiger partial charge in [-0.15, -0.1) is 0 Å². The second kappa shape index (κ2) is 2.80. The first kappa shape index (κ1) is 8.17. The lowest BCUT2D eigenvalue weighted by Crippen LogP contribution is -1.79. The van der Waals surface area contributed by atoms with Crippen molar-refractivity contribution in [3.8, 4) is 5.75 Å². The molecule has 0 fully saturated rings. The van der Waals surface area contributed by atoms with Crippen LogP contribution in [0.4, 0.5) is 0 Å². The van der Waals surface area contributed by atoms with Gasteiger partial charge in [-0.2, -0.15) is 0 Å². The molecule has 0 saturated heterocycles. The fraction of sp³-hybridized carbons (Fsp3) is 0.273. The molecule has 2 nitrogen and oxygen atoms in total. The molecule has 13 heavy (non-hydrogen) atoms. The topological polar surface area (TPSA) is 33.4 Å². The summed E-state index contributed by atoms with van der Waals surface area (Å²) >= 11 is 0. The Labute approximate surface area is 76.8 Å². The molecule has 0 aliphatic carbocycles. The van der Waals surface area contributed by atoms with Crippen molar-refractivity contribution in [3.63, 3.8) is 0 Å². The summed E-state index contributed by atoms with van der Waals surface area (Å²) in [5.74, 6) is 1.13. The Bertz CT molecular complexity index is 441. The zero-order valence-corrected chi connectivity index (χ0v) is 7.79. The molecule has 0 atom stereocenters. The highest BCUT2D eigenvalue weighted by molar-refractivity contribution is 5.87. The number of hydrogen-bond donors (Lipinski definition) is 1. The van der Waals surface area contributed by atoms with E-state index in [4.69, 9.17) is 4.42 Å². The molecule has 2 heteroatoms. The monoisotopic (exact) mass is 176 g/mol. The molecule has 0 bridgehead atoms. The lowest BCUT2D eigenvalue weighted by atomic mass is 10.1. The van der Waals surface area contributed by atoms with Crippen molar-refractivity contribution in [2.45, 2.75) is 20.3 Å². The van der Waals surface area contributed by atoms with E-state index in [0.717, 1.165) is 28.7 Å². The van der Waals surface area contributed by atoms with Gasteiger partial charge in [0.2, 0.25) is 0 Å². The number of hydrogen-bond acceptors (Lipinski definition) is 2. The van der Waals surface area contributed by atoms with Crippen molar-refractivity contribution in [1.82, 2.24) is 0 Å². The number of aryl methyl sites for hydroxylation is 2. The van der Waals surface area contributed by atoms with E-state index < -0.39 is 0 Å². The molecule has 0 aliphatic rings. The first-order valence-corrected chi connectivity index (χ1v) is 4.43. The SMILES string of the molecule is CCc1ccc(O)c2cc(C)oc12. The minimum absolute atomic E-state index is 0.295. The highest BCUT2D eigenvalue weighted by atomic mass is 16.3. The molecule has 0 aliphatic heterocycles. The van der Waals surface area contributed by atoms with Crippen molar-refractivity contribution in [2.75, 3.05) is 0 Å². The van der Waals surface area contributed by atoms with Gasteiger partial charge >= 0.3 is 0 Å². The molecule has 0 saturated carbocycles. The van der Waals surface area contributed by atoms with E-state index in [1.165, 1.54) is 0 Å². The molecule has 1 N–H and O–H groups in total. The minimum Gasteiger partial charge on any atom is -0.507 e. The molecule has 2 rings (SSSR count). The lowest BCUT2D eigenvalue weighted by molar-refractivity contribution is 0.481. The van der Waals surface area contributed by atoms with E-state index in [-0.39, 0.29) is 0 Å². The van der Waals surface area contributed by atoms with Gasteiger partial charge in [0.15, 0.2) is 0 Å². The third-order valence-corrected chi connectivity index (χ3v) is 2.25. The number of phenols is 1. The zero-order chi connectivity index (χ0) is 9.42. The summed E-state index contributed by atoms with van der Waals surface area (Å²) < 4.78 is 5.51. The van der Waals surface area contributed by atoms with Crippen LogP contribution in [0.3, 0.4) is 0 Å². The quantitative estimate of drug-likeness (QED) is 0.724. The van der Waals surface area contributed by atoms with Gasteiger partial charge in [-0.3, -0.25) is 0 Å². The largest absolute Gasteiger partial charge is 0.507 e. The number of rotatable bonds is 1. The molecule has 1 aromatic heterocycles. The molecule has 0 unspecified atom stereocenters. The first-order chi connectivity index (χ1) is 6.22. The number of fused-ring (bicyclic) bond motifs is 1. The summed E-state index contributed by atoms with van der Waals surface area (Å²) in [5, 5.41) is 10.4. The van der Waals surface area contributed by atoms with Crippen molar-refractivity contribution in [3.05, 3.63) is 29.5 Å². The predicted molar refractivity (Wildman–Crippen MR) is 52.0 cm³/mol. The van der Waals surface area contributed by atoms with Crippen LogP contribution in [0, 0.1) is 6.92 Å². The summed E-state index contributed by atoms with van der Waals surface area (Å²) in [6.45, 7) is 3.96. The number of furan rings is 1. The highest BCUT2D eigenvalue weighted by Gasteiger charge is 2.08. The minimum atomic E-state index is 0.295. The Hall–Kier alpha value is -1.44. The second-order valence-electron chi connectivity index (χ2n) is 3.20. The standard InChI is InChI=1S/C11H12O2/c1-3-8-4-5-10(12)9-6-7(2)13-11(8)9/h4-6,12H,3H2,1-2H3. The van der Waals surface area contributed by atoms with Gasteiger partial charge in [0.25, 0.3) is 0 Å². The van der Waals surface area contributed by atoms with Crippen molar-refractivity contribution >= 4 is 11.0 Å². The van der Waals surface area contributed by atoms with Crippen LogP contribution in [0.1, 0.15) is 18.2 Å². The molecular formula is C11H12O2. The van der Waals surface area contributed by atoms with Gasteiger partial charge in [-0.1, -0.05) is 13.0 Å². The first-order valence-electron chi connectivity index (χ1n) is 4.43. The second-order valence-corrected chi connectivity index (χ2v) is 3.20. The molecule has 1 heterocycles. The molecule has 0 spiro atoms. The average Bonchev–Trinajstić information content (AvgIpc) is 2.48. The van der Waals surface area contributed by atoms with E-state index in [1.807, 2.05) is 19.1 Å². The number of aromatic hydroxyl groups is 1. The lowest BCUT2D eigenvalue weighted by Gasteiger charge is -1.98. The van der Waals surface area contributed by atoms with E-state index in [2.05, 4.69) is 6.92 Å². The smallest absolute Gasteiger partial charge is 0.141 e. The Morgan fingerprint density at radius 1 is 1.38 bits per heavy atom. The Kier molecular flexibility index (Phi) is 1.76. The van der Waals surface area contributed by atoms with Crippen LogP contribution in [-0.2, 0) is 6.42 Å². The van der Waals surface area contributed by atoms with E-state index >= 15 is 0 Å². The number of phenolic OH excluding ortho intramolecular Hbond substituents is 1. The van der Waals surface area contributed by atoms with Crippen LogP contribution in [0.25, 0.3) is 11.0 Å². The van der Waals surface area contributed by atoms with Crippen LogP contribution in [0.5, 0.6) is 5.75 Å². The van der Waals surface area contributed by atoms with Crippen molar-refractivity contribution in [1.29, 1.82) is 0 Å². The molecule has 2 aromatic rings. The molecular weight excluding hydrogens is 164 g/mol. The zero-order valence-electron chi connectivity index (χ0n) is 7.79. The normalized spacial score (nSPS) is 10.9. The maximum Gasteiger partial charge on any atom is 0.141 e. The van der Waals surface area contributed by atoms with E-state index in [1.54, 1.807) is 6.07 Å². The van der Waals surface area contributed by atoms with Gasteiger partial charge in [-0.05, 0) is 31.0 Å². The molecule has 1 aromatic carbocycles. The summed E-state index contributed by atoms with van der Waals surface area (Å²) in [4.78, 5) is 0. The van der Waals surface area contributed by atoms with Crippen LogP contribution < -0.4 is 0 Å². The average molecular weight is 176 g/mol. The van der Waals surface area contributed by atoms with Crippen LogP contribution >= 0.6 is 0 Å². The number of benzene rings is 1. The summed E-state index contributed by atoms with van der Waals surface area (Å²) in [7, 11) is 0. The van der Waals surface area contributed by atoms with E-state index in [9.17, 15) is 5.11 Å². The van der Waals surface area contributed by atoms with Gasteiger partial charge in [0.1, 0.15) is 17.1 Å².